The Kier molecular flexibility index (Phi) is 3.94. The SMILES string of the molecule is CC(C)(C)N[C@@H](C(=O)O)c1ccccc1Cl. The topological polar surface area (TPSA) is 49.3 Å². The van der Waals surface area contributed by atoms with Crippen molar-refractivity contribution in [2.75, 3.05) is 0 Å². The normalized spacial score (nSPS) is 13.5. The minimum atomic E-state index is -0.928. The third kappa shape index (κ3) is 3.51. The standard InChI is InChI=1S/C12H16ClNO2/c1-12(2,3)14-10(11(15)16)8-6-4-5-7-9(8)13/h4-7,10,14H,1-3H3,(H,15,16)/t10-/m1/s1. The van der Waals surface area contributed by atoms with Gasteiger partial charge in [0.1, 0.15) is 6.04 Å². The predicted molar refractivity (Wildman–Crippen MR) is 64.7 cm³/mol. The Bertz CT molecular complexity index is 385. The summed E-state index contributed by atoms with van der Waals surface area (Å²) in [6, 6.07) is 6.19. The van der Waals surface area contributed by atoms with Gasteiger partial charge in [-0.15, -0.1) is 0 Å². The minimum Gasteiger partial charge on any atom is -0.480 e. The van der Waals surface area contributed by atoms with E-state index in [4.69, 9.17) is 11.6 Å². The zero-order chi connectivity index (χ0) is 12.3. The first-order valence-corrected chi connectivity index (χ1v) is 5.44. The summed E-state index contributed by atoms with van der Waals surface area (Å²) in [5.74, 6) is -0.928. The van der Waals surface area contributed by atoms with E-state index in [2.05, 4.69) is 5.32 Å². The van der Waals surface area contributed by atoms with E-state index >= 15 is 0 Å². The van der Waals surface area contributed by atoms with Crippen LogP contribution in [0.15, 0.2) is 24.3 Å². The second kappa shape index (κ2) is 4.85. The Morgan fingerprint density at radius 2 is 1.94 bits per heavy atom. The van der Waals surface area contributed by atoms with Crippen molar-refractivity contribution >= 4 is 17.6 Å². The molecule has 0 amide bonds. The molecule has 4 heteroatoms. The van der Waals surface area contributed by atoms with Crippen molar-refractivity contribution in [2.45, 2.75) is 32.4 Å². The van der Waals surface area contributed by atoms with Crippen LogP contribution in [0, 0.1) is 0 Å². The van der Waals surface area contributed by atoms with Crippen LogP contribution in [0.4, 0.5) is 0 Å². The smallest absolute Gasteiger partial charge is 0.325 e. The van der Waals surface area contributed by atoms with Gasteiger partial charge in [0.05, 0.1) is 0 Å². The Labute approximate surface area is 100 Å². The first-order chi connectivity index (χ1) is 7.31. The maximum absolute atomic E-state index is 11.2. The average molecular weight is 242 g/mol. The number of rotatable bonds is 3. The predicted octanol–water partition coefficient (Wildman–Crippen LogP) is 2.85. The second-order valence-corrected chi connectivity index (χ2v) is 5.09. The lowest BCUT2D eigenvalue weighted by molar-refractivity contribution is -0.140. The molecule has 0 fully saturated rings. The Hall–Kier alpha value is -1.06. The Morgan fingerprint density at radius 1 is 1.38 bits per heavy atom. The highest BCUT2D eigenvalue weighted by Gasteiger charge is 2.26. The first-order valence-electron chi connectivity index (χ1n) is 5.06. The monoisotopic (exact) mass is 241 g/mol. The molecule has 1 aromatic carbocycles. The van der Waals surface area contributed by atoms with Crippen LogP contribution >= 0.6 is 11.6 Å². The molecule has 0 aliphatic carbocycles. The number of carboxylic acids is 1. The van der Waals surface area contributed by atoms with Gasteiger partial charge in [-0.1, -0.05) is 29.8 Å². The van der Waals surface area contributed by atoms with Crippen LogP contribution in [0.5, 0.6) is 0 Å². The van der Waals surface area contributed by atoms with Gasteiger partial charge in [0.25, 0.3) is 0 Å². The molecule has 0 aliphatic heterocycles. The van der Waals surface area contributed by atoms with E-state index in [0.29, 0.717) is 10.6 Å². The van der Waals surface area contributed by atoms with Crippen molar-refractivity contribution in [3.8, 4) is 0 Å². The second-order valence-electron chi connectivity index (χ2n) is 4.69. The molecule has 88 valence electrons. The fraction of sp³-hybridized carbons (Fsp3) is 0.417. The summed E-state index contributed by atoms with van der Waals surface area (Å²) in [5.41, 5.74) is 0.300. The number of carbonyl (C=O) groups is 1. The zero-order valence-corrected chi connectivity index (χ0v) is 10.4. The molecular formula is C12H16ClNO2. The van der Waals surface area contributed by atoms with E-state index in [-0.39, 0.29) is 5.54 Å². The first kappa shape index (κ1) is 13.0. The summed E-state index contributed by atoms with van der Waals surface area (Å²) < 4.78 is 0. The van der Waals surface area contributed by atoms with Gasteiger partial charge >= 0.3 is 5.97 Å². The molecule has 0 radical (unpaired) electrons. The summed E-state index contributed by atoms with van der Waals surface area (Å²) >= 11 is 5.99. The summed E-state index contributed by atoms with van der Waals surface area (Å²) in [6.45, 7) is 5.75. The van der Waals surface area contributed by atoms with Crippen molar-refractivity contribution < 1.29 is 9.90 Å². The summed E-state index contributed by atoms with van der Waals surface area (Å²) in [4.78, 5) is 11.2. The molecular weight excluding hydrogens is 226 g/mol. The highest BCUT2D eigenvalue weighted by molar-refractivity contribution is 6.31. The van der Waals surface area contributed by atoms with E-state index in [1.54, 1.807) is 24.3 Å². The molecule has 0 aliphatic rings. The number of nitrogens with one attached hydrogen (secondary N) is 1. The molecule has 0 unspecified atom stereocenters. The van der Waals surface area contributed by atoms with Crippen molar-refractivity contribution in [1.82, 2.24) is 5.32 Å². The van der Waals surface area contributed by atoms with Crippen molar-refractivity contribution in [3.05, 3.63) is 34.9 Å². The van der Waals surface area contributed by atoms with Gasteiger partial charge in [-0.05, 0) is 32.4 Å². The van der Waals surface area contributed by atoms with E-state index in [1.807, 2.05) is 20.8 Å². The molecule has 2 N–H and O–H groups in total. The van der Waals surface area contributed by atoms with Crippen LogP contribution < -0.4 is 5.32 Å². The fourth-order valence-corrected chi connectivity index (χ4v) is 1.66. The van der Waals surface area contributed by atoms with Crippen LogP contribution in [0.25, 0.3) is 0 Å². The number of hydrogen-bond donors (Lipinski definition) is 2. The average Bonchev–Trinajstić information content (AvgIpc) is 2.13. The highest BCUT2D eigenvalue weighted by atomic mass is 35.5. The lowest BCUT2D eigenvalue weighted by Gasteiger charge is -2.26. The summed E-state index contributed by atoms with van der Waals surface area (Å²) in [6.07, 6.45) is 0. The Morgan fingerprint density at radius 3 is 2.38 bits per heavy atom. The summed E-state index contributed by atoms with van der Waals surface area (Å²) in [5, 5.41) is 12.7. The van der Waals surface area contributed by atoms with Gasteiger partial charge in [0.15, 0.2) is 0 Å². The fourth-order valence-electron chi connectivity index (χ4n) is 1.41. The molecule has 0 bridgehead atoms. The number of carboxylic acid groups (broad SMARTS) is 1. The van der Waals surface area contributed by atoms with E-state index < -0.39 is 12.0 Å². The van der Waals surface area contributed by atoms with Gasteiger partial charge in [-0.3, -0.25) is 10.1 Å². The lowest BCUT2D eigenvalue weighted by atomic mass is 10.0. The maximum Gasteiger partial charge on any atom is 0.325 e. The Balaban J connectivity index is 3.04. The quantitative estimate of drug-likeness (QED) is 0.856. The van der Waals surface area contributed by atoms with E-state index in [9.17, 15) is 9.90 Å². The number of benzene rings is 1. The van der Waals surface area contributed by atoms with Crippen molar-refractivity contribution in [2.24, 2.45) is 0 Å². The molecule has 0 heterocycles. The highest BCUT2D eigenvalue weighted by Crippen LogP contribution is 2.24. The molecule has 0 spiro atoms. The number of halogens is 1. The zero-order valence-electron chi connectivity index (χ0n) is 9.62. The lowest BCUT2D eigenvalue weighted by Crippen LogP contribution is -2.42. The van der Waals surface area contributed by atoms with Gasteiger partial charge in [0.2, 0.25) is 0 Å². The molecule has 0 aromatic heterocycles. The van der Waals surface area contributed by atoms with Gasteiger partial charge in [0, 0.05) is 10.6 Å². The minimum absolute atomic E-state index is 0.289. The number of hydrogen-bond acceptors (Lipinski definition) is 2. The van der Waals surface area contributed by atoms with Gasteiger partial charge < -0.3 is 5.11 Å². The third-order valence-corrected chi connectivity index (χ3v) is 2.38. The molecule has 0 saturated heterocycles. The maximum atomic E-state index is 11.2. The van der Waals surface area contributed by atoms with Crippen LogP contribution in [0.1, 0.15) is 32.4 Å². The molecule has 1 rings (SSSR count). The van der Waals surface area contributed by atoms with Gasteiger partial charge in [-0.25, -0.2) is 0 Å². The number of aliphatic carboxylic acids is 1. The van der Waals surface area contributed by atoms with Crippen LogP contribution in [0.2, 0.25) is 5.02 Å². The molecule has 1 aromatic rings. The molecule has 16 heavy (non-hydrogen) atoms. The molecule has 0 saturated carbocycles. The third-order valence-electron chi connectivity index (χ3n) is 2.04. The van der Waals surface area contributed by atoms with Crippen LogP contribution in [-0.2, 0) is 4.79 Å². The van der Waals surface area contributed by atoms with Crippen LogP contribution in [0.3, 0.4) is 0 Å². The van der Waals surface area contributed by atoms with E-state index in [1.165, 1.54) is 0 Å². The van der Waals surface area contributed by atoms with Crippen molar-refractivity contribution in [3.63, 3.8) is 0 Å². The summed E-state index contributed by atoms with van der Waals surface area (Å²) in [7, 11) is 0. The van der Waals surface area contributed by atoms with Crippen molar-refractivity contribution in [1.29, 1.82) is 0 Å². The van der Waals surface area contributed by atoms with Crippen LogP contribution in [-0.4, -0.2) is 16.6 Å². The van der Waals surface area contributed by atoms with Gasteiger partial charge in [-0.2, -0.15) is 0 Å². The largest absolute Gasteiger partial charge is 0.480 e. The molecule has 3 nitrogen and oxygen atoms in total. The van der Waals surface area contributed by atoms with E-state index in [0.717, 1.165) is 0 Å². The molecule has 1 atom stereocenters.